The highest BCUT2D eigenvalue weighted by atomic mass is 16.3. The lowest BCUT2D eigenvalue weighted by Crippen LogP contribution is -2.33. The first-order chi connectivity index (χ1) is 23.2. The minimum Gasteiger partial charge on any atom is -0.508 e. The Bertz CT molecular complexity index is 1750. The first-order valence-corrected chi connectivity index (χ1v) is 17.8. The summed E-state index contributed by atoms with van der Waals surface area (Å²) in [4.78, 5) is 34.2. The van der Waals surface area contributed by atoms with Gasteiger partial charge in [0.15, 0.2) is 0 Å². The summed E-state index contributed by atoms with van der Waals surface area (Å²) in [5.74, 6) is 0.521. The summed E-state index contributed by atoms with van der Waals surface area (Å²) in [5.41, 5.74) is 5.74. The van der Waals surface area contributed by atoms with Crippen LogP contribution in [-0.2, 0) is 42.3 Å². The molecule has 3 aromatic rings. The van der Waals surface area contributed by atoms with Crippen molar-refractivity contribution in [3.05, 3.63) is 87.5 Å². The highest BCUT2D eigenvalue weighted by Gasteiger charge is 2.33. The predicted molar refractivity (Wildman–Crippen MR) is 198 cm³/mol. The van der Waals surface area contributed by atoms with Crippen LogP contribution in [0.25, 0.3) is 0 Å². The lowest BCUT2D eigenvalue weighted by atomic mass is 9.84. The number of amides is 4. The van der Waals surface area contributed by atoms with Gasteiger partial charge in [-0.1, -0.05) is 80.5 Å². The van der Waals surface area contributed by atoms with Gasteiger partial charge >= 0.3 is 12.1 Å². The number of aromatic hydroxyl groups is 3. The Morgan fingerprint density at radius 2 is 0.860 bits per heavy atom. The van der Waals surface area contributed by atoms with E-state index in [2.05, 4.69) is 62.3 Å². The Morgan fingerprint density at radius 3 is 1.32 bits per heavy atom. The van der Waals surface area contributed by atoms with Crippen molar-refractivity contribution < 1.29 is 24.9 Å². The zero-order chi connectivity index (χ0) is 36.8. The van der Waals surface area contributed by atoms with Crippen molar-refractivity contribution in [2.24, 2.45) is 0 Å². The van der Waals surface area contributed by atoms with E-state index in [9.17, 15) is 24.9 Å². The molecule has 4 amide bonds. The van der Waals surface area contributed by atoms with Crippen LogP contribution in [0.1, 0.15) is 101 Å². The zero-order valence-corrected chi connectivity index (χ0v) is 31.4. The van der Waals surface area contributed by atoms with Crippen LogP contribution in [0.3, 0.4) is 0 Å². The third-order valence-corrected chi connectivity index (χ3v) is 10.1. The van der Waals surface area contributed by atoms with Crippen molar-refractivity contribution >= 4 is 12.1 Å². The second-order valence-electron chi connectivity index (χ2n) is 17.1. The van der Waals surface area contributed by atoms with E-state index >= 15 is 0 Å². The topological polar surface area (TPSA) is 108 Å². The maximum atomic E-state index is 13.6. The van der Waals surface area contributed by atoms with Gasteiger partial charge in [0.2, 0.25) is 0 Å². The first kappa shape index (κ1) is 36.9. The third kappa shape index (κ3) is 8.14. The van der Waals surface area contributed by atoms with Crippen LogP contribution in [0.4, 0.5) is 9.59 Å². The molecule has 0 bridgehead atoms. The molecule has 0 spiro atoms. The lowest BCUT2D eigenvalue weighted by molar-refractivity contribution is 0.188. The molecule has 2 aliphatic heterocycles. The molecule has 0 saturated carbocycles. The molecule has 0 unspecified atom stereocenters. The van der Waals surface area contributed by atoms with E-state index in [0.717, 1.165) is 22.3 Å². The summed E-state index contributed by atoms with van der Waals surface area (Å²) in [6.07, 6.45) is 0.548. The van der Waals surface area contributed by atoms with Gasteiger partial charge in [-0.2, -0.15) is 0 Å². The van der Waals surface area contributed by atoms with E-state index in [1.807, 2.05) is 36.4 Å². The van der Waals surface area contributed by atoms with Crippen molar-refractivity contribution in [3.8, 4) is 17.2 Å². The minimum absolute atomic E-state index is 0.0464. The van der Waals surface area contributed by atoms with Gasteiger partial charge in [-0.05, 0) is 75.3 Å². The number of carbonyl (C=O) groups excluding carboxylic acids is 2. The maximum absolute atomic E-state index is 13.6. The van der Waals surface area contributed by atoms with E-state index in [-0.39, 0.29) is 58.6 Å². The number of phenols is 3. The van der Waals surface area contributed by atoms with E-state index in [0.29, 0.717) is 62.4 Å². The van der Waals surface area contributed by atoms with Crippen molar-refractivity contribution in [3.63, 3.8) is 0 Å². The molecule has 2 heterocycles. The van der Waals surface area contributed by atoms with Crippen LogP contribution in [0.5, 0.6) is 17.2 Å². The number of hydrogen-bond donors (Lipinski definition) is 3. The second kappa shape index (κ2) is 13.7. The predicted octanol–water partition coefficient (Wildman–Crippen LogP) is 7.61. The lowest BCUT2D eigenvalue weighted by Gasteiger charge is -2.26. The van der Waals surface area contributed by atoms with Crippen LogP contribution in [0, 0.1) is 0 Å². The third-order valence-electron chi connectivity index (χ3n) is 10.1. The molecule has 0 aromatic heterocycles. The number of urea groups is 2. The van der Waals surface area contributed by atoms with Crippen LogP contribution in [0.2, 0.25) is 0 Å². The molecule has 2 fully saturated rings. The largest absolute Gasteiger partial charge is 0.508 e. The molecule has 0 aliphatic carbocycles. The molecule has 2 aliphatic rings. The Kier molecular flexibility index (Phi) is 10.1. The number of hydrogen-bond acceptors (Lipinski definition) is 5. The van der Waals surface area contributed by atoms with Gasteiger partial charge in [0.05, 0.1) is 19.6 Å². The number of benzene rings is 3. The number of rotatable bonds is 9. The average Bonchev–Trinajstić information content (AvgIpc) is 3.54. The highest BCUT2D eigenvalue weighted by Crippen LogP contribution is 2.35. The zero-order valence-electron chi connectivity index (χ0n) is 31.4. The summed E-state index contributed by atoms with van der Waals surface area (Å²) >= 11 is 0. The number of nitrogens with zero attached hydrogens (tertiary/aromatic N) is 4. The smallest absolute Gasteiger partial charge is 0.320 e. The van der Waals surface area contributed by atoms with Gasteiger partial charge < -0.3 is 34.9 Å². The van der Waals surface area contributed by atoms with Crippen LogP contribution in [-0.4, -0.2) is 79.7 Å². The molecule has 2 saturated heterocycles. The molecule has 50 heavy (non-hydrogen) atoms. The molecule has 0 radical (unpaired) electrons. The van der Waals surface area contributed by atoms with Crippen LogP contribution < -0.4 is 0 Å². The summed E-state index contributed by atoms with van der Waals surface area (Å²) in [6.45, 7) is 22.5. The number of carbonyl (C=O) groups is 2. The fourth-order valence-corrected chi connectivity index (χ4v) is 6.65. The van der Waals surface area contributed by atoms with Gasteiger partial charge in [0, 0.05) is 49.4 Å². The fourth-order valence-electron chi connectivity index (χ4n) is 6.65. The van der Waals surface area contributed by atoms with Crippen LogP contribution >= 0.6 is 0 Å². The Balaban J connectivity index is 1.29. The average molecular weight is 685 g/mol. The molecule has 5 rings (SSSR count). The van der Waals surface area contributed by atoms with Crippen molar-refractivity contribution in [1.82, 2.24) is 19.6 Å². The monoisotopic (exact) mass is 684 g/mol. The van der Waals surface area contributed by atoms with Crippen LogP contribution in [0.15, 0.2) is 48.5 Å². The first-order valence-electron chi connectivity index (χ1n) is 17.8. The number of phenolic OH excluding ortho intramolecular Hbond substituents is 3. The van der Waals surface area contributed by atoms with Crippen molar-refractivity contribution in [1.29, 1.82) is 0 Å². The SMILES string of the molecule is CC(C)(C)c1ccc(O)c(CCN2CCN(Cc3cc(C(C)(C)C)cc(CN4CCN(Cc5cc(C(C)(C)C)ccc5O)C4=O)c3O)C2=O)c1. The quantitative estimate of drug-likeness (QED) is 0.215. The van der Waals surface area contributed by atoms with E-state index in [1.54, 1.807) is 31.7 Å². The molecular formula is C41H56N4O5. The van der Waals surface area contributed by atoms with Gasteiger partial charge in [0.25, 0.3) is 0 Å². The van der Waals surface area contributed by atoms with E-state index < -0.39 is 0 Å². The van der Waals surface area contributed by atoms with E-state index in [4.69, 9.17) is 0 Å². The normalized spacial score (nSPS) is 15.9. The highest BCUT2D eigenvalue weighted by molar-refractivity contribution is 5.77. The summed E-state index contributed by atoms with van der Waals surface area (Å²) in [5, 5.41) is 32.7. The van der Waals surface area contributed by atoms with Crippen molar-refractivity contribution in [2.45, 2.75) is 105 Å². The Hall–Kier alpha value is -4.40. The maximum Gasteiger partial charge on any atom is 0.320 e. The molecule has 270 valence electrons. The van der Waals surface area contributed by atoms with E-state index in [1.165, 1.54) is 0 Å². The van der Waals surface area contributed by atoms with Gasteiger partial charge in [-0.25, -0.2) is 9.59 Å². The van der Waals surface area contributed by atoms with Crippen molar-refractivity contribution in [2.75, 3.05) is 32.7 Å². The standard InChI is InChI=1S/C41H56N4O5/c1-39(2,3)31-10-12-34(46)27(20-31)14-15-42-16-17-44(37(42)49)25-29-22-33(41(7,8)9)23-30(36(29)48)26-45-19-18-43(38(45)50)24-28-21-32(40(4,5)6)11-13-35(28)47/h10-13,20-23,46-48H,14-19,24-26H2,1-9H3. The van der Waals surface area contributed by atoms with Gasteiger partial charge in [0.1, 0.15) is 17.2 Å². The molecular weight excluding hydrogens is 628 g/mol. The molecule has 9 nitrogen and oxygen atoms in total. The molecule has 9 heteroatoms. The molecule has 3 aromatic carbocycles. The second-order valence-corrected chi connectivity index (χ2v) is 17.1. The molecule has 3 N–H and O–H groups in total. The summed E-state index contributed by atoms with van der Waals surface area (Å²) < 4.78 is 0. The summed E-state index contributed by atoms with van der Waals surface area (Å²) in [6, 6.07) is 15.0. The molecule has 0 atom stereocenters. The van der Waals surface area contributed by atoms with Gasteiger partial charge in [-0.15, -0.1) is 0 Å². The minimum atomic E-state index is -0.224. The summed E-state index contributed by atoms with van der Waals surface area (Å²) in [7, 11) is 0. The Labute approximate surface area is 298 Å². The fraction of sp³-hybridized carbons (Fsp3) is 0.512. The Morgan fingerprint density at radius 1 is 0.500 bits per heavy atom. The van der Waals surface area contributed by atoms with Gasteiger partial charge in [-0.3, -0.25) is 0 Å².